The fourth-order valence-corrected chi connectivity index (χ4v) is 6.44. The number of halogens is 1. The van der Waals surface area contributed by atoms with E-state index in [-0.39, 0.29) is 5.82 Å². The van der Waals surface area contributed by atoms with Gasteiger partial charge in [-0.05, 0) is 99.0 Å². The van der Waals surface area contributed by atoms with Crippen LogP contribution >= 0.6 is 0 Å². The van der Waals surface area contributed by atoms with Crippen molar-refractivity contribution in [2.45, 2.75) is 84.0 Å². The van der Waals surface area contributed by atoms with Crippen LogP contribution in [-0.2, 0) is 6.42 Å². The summed E-state index contributed by atoms with van der Waals surface area (Å²) in [4.78, 5) is 0. The summed E-state index contributed by atoms with van der Waals surface area (Å²) in [5.41, 5.74) is 1.33. The van der Waals surface area contributed by atoms with Gasteiger partial charge in [0.05, 0.1) is 0 Å². The van der Waals surface area contributed by atoms with Crippen LogP contribution in [0.15, 0.2) is 55.1 Å². The maximum Gasteiger partial charge on any atom is 0.172 e. The van der Waals surface area contributed by atoms with E-state index < -0.39 is 0 Å². The van der Waals surface area contributed by atoms with Gasteiger partial charge in [-0.25, -0.2) is 4.39 Å². The lowest BCUT2D eigenvalue weighted by atomic mass is 9.68. The molecule has 0 unspecified atom stereocenters. The minimum absolute atomic E-state index is 0.249. The van der Waals surface area contributed by atoms with Crippen molar-refractivity contribution in [2.75, 3.05) is 6.61 Å². The second kappa shape index (κ2) is 12.6. The molecule has 0 saturated heterocycles. The van der Waals surface area contributed by atoms with Gasteiger partial charge >= 0.3 is 0 Å². The largest absolute Gasteiger partial charge is 0.486 e. The predicted octanol–water partition coefficient (Wildman–Crippen LogP) is 9.45. The van der Waals surface area contributed by atoms with E-state index in [2.05, 4.69) is 24.8 Å². The molecule has 2 heteroatoms. The average molecular weight is 463 g/mol. The summed E-state index contributed by atoms with van der Waals surface area (Å²) >= 11 is 0. The molecule has 0 amide bonds. The molecule has 2 aliphatic rings. The van der Waals surface area contributed by atoms with Gasteiger partial charge in [0.25, 0.3) is 0 Å². The Morgan fingerprint density at radius 2 is 1.59 bits per heavy atom. The fourth-order valence-electron chi connectivity index (χ4n) is 6.44. The third kappa shape index (κ3) is 6.52. The Labute approximate surface area is 206 Å². The topological polar surface area (TPSA) is 9.23 Å². The Morgan fingerprint density at radius 1 is 0.912 bits per heavy atom. The van der Waals surface area contributed by atoms with Gasteiger partial charge in [0.15, 0.2) is 11.6 Å². The molecule has 0 N–H and O–H groups in total. The molecular weight excluding hydrogens is 419 g/mol. The molecule has 0 bridgehead atoms. The van der Waals surface area contributed by atoms with Crippen LogP contribution in [0.25, 0.3) is 10.8 Å². The summed E-state index contributed by atoms with van der Waals surface area (Å²) in [5.74, 6) is 3.86. The molecule has 184 valence electrons. The molecule has 4 rings (SSSR count). The van der Waals surface area contributed by atoms with Gasteiger partial charge in [0, 0.05) is 5.39 Å². The molecular formula is C32H43FO. The van der Waals surface area contributed by atoms with Crippen LogP contribution in [0.2, 0.25) is 0 Å². The van der Waals surface area contributed by atoms with E-state index in [1.54, 1.807) is 6.07 Å². The van der Waals surface area contributed by atoms with E-state index in [4.69, 9.17) is 4.74 Å². The quantitative estimate of drug-likeness (QED) is 0.319. The van der Waals surface area contributed by atoms with Gasteiger partial charge in [0.2, 0.25) is 0 Å². The molecule has 0 spiro atoms. The highest BCUT2D eigenvalue weighted by Crippen LogP contribution is 2.43. The van der Waals surface area contributed by atoms with Crippen LogP contribution in [0.5, 0.6) is 5.75 Å². The zero-order valence-corrected chi connectivity index (χ0v) is 21.1. The van der Waals surface area contributed by atoms with Gasteiger partial charge < -0.3 is 4.74 Å². The number of aryl methyl sites for hydroxylation is 1. The summed E-state index contributed by atoms with van der Waals surface area (Å²) < 4.78 is 20.4. The average Bonchev–Trinajstić information content (AvgIpc) is 2.88. The number of ether oxygens (including phenoxy) is 1. The van der Waals surface area contributed by atoms with Crippen LogP contribution in [0, 0.1) is 29.5 Å². The summed E-state index contributed by atoms with van der Waals surface area (Å²) in [5, 5.41) is 1.63. The zero-order chi connectivity index (χ0) is 23.8. The van der Waals surface area contributed by atoms with Crippen molar-refractivity contribution >= 4 is 10.8 Å². The number of hydrogen-bond donors (Lipinski definition) is 0. The first-order valence-corrected chi connectivity index (χ1v) is 13.7. The molecule has 0 atom stereocenters. The lowest BCUT2D eigenvalue weighted by Crippen LogP contribution is -2.26. The first-order valence-electron chi connectivity index (χ1n) is 13.7. The van der Waals surface area contributed by atoms with Crippen molar-refractivity contribution in [3.8, 4) is 5.75 Å². The van der Waals surface area contributed by atoms with Crippen LogP contribution < -0.4 is 4.74 Å². The second-order valence-electron chi connectivity index (χ2n) is 10.8. The maximum atomic E-state index is 14.8. The van der Waals surface area contributed by atoms with Crippen LogP contribution in [0.3, 0.4) is 0 Å². The molecule has 0 heterocycles. The molecule has 1 nitrogen and oxygen atoms in total. The smallest absolute Gasteiger partial charge is 0.172 e. The van der Waals surface area contributed by atoms with Gasteiger partial charge in [-0.1, -0.05) is 68.2 Å². The molecule has 2 aliphatic carbocycles. The fraction of sp³-hybridized carbons (Fsp3) is 0.562. The van der Waals surface area contributed by atoms with Gasteiger partial charge in [-0.3, -0.25) is 0 Å². The van der Waals surface area contributed by atoms with E-state index in [0.717, 1.165) is 35.5 Å². The normalized spacial score (nSPS) is 25.6. The van der Waals surface area contributed by atoms with E-state index in [9.17, 15) is 4.39 Å². The van der Waals surface area contributed by atoms with Crippen molar-refractivity contribution < 1.29 is 9.13 Å². The van der Waals surface area contributed by atoms with Gasteiger partial charge in [-0.15, -0.1) is 6.58 Å². The summed E-state index contributed by atoms with van der Waals surface area (Å²) in [6, 6.07) is 9.97. The van der Waals surface area contributed by atoms with E-state index in [0.29, 0.717) is 17.7 Å². The minimum atomic E-state index is -0.249. The van der Waals surface area contributed by atoms with Crippen molar-refractivity contribution in [1.82, 2.24) is 0 Å². The van der Waals surface area contributed by atoms with Crippen molar-refractivity contribution in [3.63, 3.8) is 0 Å². The Morgan fingerprint density at radius 3 is 2.24 bits per heavy atom. The Hall–Kier alpha value is -2.09. The Kier molecular flexibility index (Phi) is 9.25. The van der Waals surface area contributed by atoms with Crippen LogP contribution in [0.1, 0.15) is 83.1 Å². The molecule has 0 radical (unpaired) electrons. The van der Waals surface area contributed by atoms with Crippen molar-refractivity contribution in [2.24, 2.45) is 23.7 Å². The predicted molar refractivity (Wildman–Crippen MR) is 143 cm³/mol. The lowest BCUT2D eigenvalue weighted by Gasteiger charge is -2.38. The monoisotopic (exact) mass is 462 g/mol. The molecule has 2 aromatic rings. The number of benzene rings is 2. The van der Waals surface area contributed by atoms with Gasteiger partial charge in [0.1, 0.15) is 6.61 Å². The number of rotatable bonds is 10. The first-order chi connectivity index (χ1) is 16.7. The summed E-state index contributed by atoms with van der Waals surface area (Å²) in [6.45, 7) is 6.22. The molecule has 0 aromatic heterocycles. The van der Waals surface area contributed by atoms with E-state index in [1.165, 1.54) is 76.2 Å². The van der Waals surface area contributed by atoms with Crippen LogP contribution in [0.4, 0.5) is 4.39 Å². The highest BCUT2D eigenvalue weighted by atomic mass is 19.1. The number of fused-ring (bicyclic) bond motifs is 1. The highest BCUT2D eigenvalue weighted by molar-refractivity contribution is 5.85. The number of allylic oxidation sites excluding steroid dienone is 2. The summed E-state index contributed by atoms with van der Waals surface area (Å²) in [7, 11) is 0. The third-order valence-electron chi connectivity index (χ3n) is 8.62. The van der Waals surface area contributed by atoms with Gasteiger partial charge in [-0.2, -0.15) is 0 Å². The molecule has 2 aromatic carbocycles. The first kappa shape index (κ1) is 25.0. The third-order valence-corrected chi connectivity index (χ3v) is 8.62. The maximum absolute atomic E-state index is 14.8. The molecule has 34 heavy (non-hydrogen) atoms. The molecule has 2 saturated carbocycles. The second-order valence-corrected chi connectivity index (χ2v) is 10.8. The number of hydrogen-bond acceptors (Lipinski definition) is 1. The highest BCUT2D eigenvalue weighted by Gasteiger charge is 2.30. The molecule has 0 aliphatic heterocycles. The zero-order valence-electron chi connectivity index (χ0n) is 21.1. The Bertz CT molecular complexity index is 945. The van der Waals surface area contributed by atoms with E-state index >= 15 is 0 Å². The Balaban J connectivity index is 1.23. The minimum Gasteiger partial charge on any atom is -0.486 e. The standard InChI is InChI=1S/C32H43FO/c1-3-5-7-24-10-15-27(16-11-24)28-17-12-25(13-18-28)8-9-26-14-20-30-29(23-26)19-21-31(32(30)33)34-22-6-4-2/h3-4,6,14,19-21,23-25,27-28H,1,5,7-13,15-18,22H2,2H3. The molecule has 2 fully saturated rings. The van der Waals surface area contributed by atoms with Crippen LogP contribution in [-0.4, -0.2) is 6.61 Å². The lowest BCUT2D eigenvalue weighted by molar-refractivity contribution is 0.141. The van der Waals surface area contributed by atoms with Crippen molar-refractivity contribution in [3.05, 3.63) is 66.5 Å². The summed E-state index contributed by atoms with van der Waals surface area (Å²) in [6.07, 6.45) is 22.3. The van der Waals surface area contributed by atoms with Crippen molar-refractivity contribution in [1.29, 1.82) is 0 Å². The SMILES string of the molecule is C=CCCC1CCC(C2CCC(CCc3ccc4c(F)c(OCC=CC)ccc4c3)CC2)CC1. The van der Waals surface area contributed by atoms with E-state index in [1.807, 2.05) is 31.2 Å².